The molecular weight excluding hydrogens is 317 g/mol. The highest BCUT2D eigenvalue weighted by Gasteiger charge is 2.49. The molecule has 0 aliphatic carbocycles. The van der Waals surface area contributed by atoms with Crippen molar-refractivity contribution >= 4 is 15.9 Å². The summed E-state index contributed by atoms with van der Waals surface area (Å²) in [6, 6.07) is 2.70. The minimum atomic E-state index is -5.75. The SMILES string of the molecule is O=S(=O)(OC1=CCOc2cc3c(cc21)OCO3)C(F)(F)F. The van der Waals surface area contributed by atoms with Crippen molar-refractivity contribution in [3.63, 3.8) is 0 Å². The minimum absolute atomic E-state index is 0.0401. The third kappa shape index (κ3) is 2.35. The molecule has 114 valence electrons. The fraction of sp³-hybridized carbons (Fsp3) is 0.273. The van der Waals surface area contributed by atoms with E-state index in [1.165, 1.54) is 12.1 Å². The lowest BCUT2D eigenvalue weighted by molar-refractivity contribution is -0.0509. The summed E-state index contributed by atoms with van der Waals surface area (Å²) in [6.07, 6.45) is 1.09. The first-order chi connectivity index (χ1) is 9.78. The molecule has 0 saturated heterocycles. The van der Waals surface area contributed by atoms with Crippen molar-refractivity contribution in [2.45, 2.75) is 5.51 Å². The van der Waals surface area contributed by atoms with E-state index in [1.807, 2.05) is 0 Å². The van der Waals surface area contributed by atoms with Gasteiger partial charge in [-0.15, -0.1) is 0 Å². The molecule has 10 heteroatoms. The number of ether oxygens (including phenoxy) is 3. The third-order valence-electron chi connectivity index (χ3n) is 2.73. The van der Waals surface area contributed by atoms with Crippen LogP contribution in [-0.4, -0.2) is 27.3 Å². The van der Waals surface area contributed by atoms with E-state index in [1.54, 1.807) is 0 Å². The summed E-state index contributed by atoms with van der Waals surface area (Å²) in [4.78, 5) is 0. The van der Waals surface area contributed by atoms with Gasteiger partial charge in [-0.25, -0.2) is 0 Å². The van der Waals surface area contributed by atoms with Crippen LogP contribution >= 0.6 is 0 Å². The van der Waals surface area contributed by atoms with Gasteiger partial charge >= 0.3 is 15.6 Å². The molecule has 0 radical (unpaired) electrons. The molecule has 2 heterocycles. The molecule has 6 nitrogen and oxygen atoms in total. The van der Waals surface area contributed by atoms with E-state index < -0.39 is 21.4 Å². The highest BCUT2D eigenvalue weighted by Crippen LogP contribution is 2.43. The van der Waals surface area contributed by atoms with E-state index in [-0.39, 0.29) is 30.5 Å². The van der Waals surface area contributed by atoms with E-state index >= 15 is 0 Å². The van der Waals surface area contributed by atoms with Gasteiger partial charge < -0.3 is 18.4 Å². The molecule has 1 aromatic carbocycles. The Balaban J connectivity index is 1.99. The van der Waals surface area contributed by atoms with E-state index in [0.29, 0.717) is 5.75 Å². The smallest absolute Gasteiger partial charge is 0.488 e. The Labute approximate surface area is 116 Å². The Morgan fingerprint density at radius 3 is 2.38 bits per heavy atom. The predicted octanol–water partition coefficient (Wildman–Crippen LogP) is 2.01. The second-order valence-corrected chi connectivity index (χ2v) is 5.60. The summed E-state index contributed by atoms with van der Waals surface area (Å²) >= 11 is 0. The monoisotopic (exact) mass is 324 g/mol. The Morgan fingerprint density at radius 2 is 1.71 bits per heavy atom. The van der Waals surface area contributed by atoms with Crippen molar-refractivity contribution in [2.75, 3.05) is 13.4 Å². The highest BCUT2D eigenvalue weighted by atomic mass is 32.2. The third-order valence-corrected chi connectivity index (χ3v) is 3.70. The maximum absolute atomic E-state index is 12.4. The Bertz CT molecular complexity index is 722. The van der Waals surface area contributed by atoms with Gasteiger partial charge in [0.25, 0.3) is 0 Å². The maximum Gasteiger partial charge on any atom is 0.534 e. The second-order valence-electron chi connectivity index (χ2n) is 4.06. The van der Waals surface area contributed by atoms with Crippen LogP contribution in [-0.2, 0) is 14.3 Å². The van der Waals surface area contributed by atoms with Crippen molar-refractivity contribution < 1.29 is 40.0 Å². The van der Waals surface area contributed by atoms with Gasteiger partial charge in [0.1, 0.15) is 12.4 Å². The molecule has 0 unspecified atom stereocenters. The predicted molar refractivity (Wildman–Crippen MR) is 62.1 cm³/mol. The standard InChI is InChI=1S/C11H7F3O6S/c12-11(13,14)21(15,16)20-7-1-2-17-8-4-10-9(3-6(7)8)18-5-19-10/h1,3-4H,2,5H2. The van der Waals surface area contributed by atoms with Gasteiger partial charge in [0, 0.05) is 6.07 Å². The molecule has 0 saturated carbocycles. The highest BCUT2D eigenvalue weighted by molar-refractivity contribution is 7.87. The quantitative estimate of drug-likeness (QED) is 0.612. The Kier molecular flexibility index (Phi) is 2.94. The van der Waals surface area contributed by atoms with Crippen molar-refractivity contribution in [2.24, 2.45) is 0 Å². The van der Waals surface area contributed by atoms with E-state index in [4.69, 9.17) is 14.2 Å². The minimum Gasteiger partial charge on any atom is -0.488 e. The van der Waals surface area contributed by atoms with Crippen LogP contribution in [0.15, 0.2) is 18.2 Å². The van der Waals surface area contributed by atoms with Crippen LogP contribution in [0.4, 0.5) is 13.2 Å². The van der Waals surface area contributed by atoms with Crippen molar-refractivity contribution in [1.29, 1.82) is 0 Å². The number of rotatable bonds is 2. The van der Waals surface area contributed by atoms with E-state index in [9.17, 15) is 21.6 Å². The van der Waals surface area contributed by atoms with Crippen LogP contribution in [0.2, 0.25) is 0 Å². The lowest BCUT2D eigenvalue weighted by Crippen LogP contribution is -2.25. The fourth-order valence-corrected chi connectivity index (χ4v) is 2.29. The molecule has 0 spiro atoms. The van der Waals surface area contributed by atoms with Crippen LogP contribution in [0.1, 0.15) is 5.56 Å². The summed E-state index contributed by atoms with van der Waals surface area (Å²) in [5, 5.41) is 0. The topological polar surface area (TPSA) is 71.1 Å². The molecule has 0 bridgehead atoms. The Morgan fingerprint density at radius 1 is 1.05 bits per heavy atom. The average molecular weight is 324 g/mol. The van der Waals surface area contributed by atoms with Gasteiger partial charge in [-0.05, 0) is 12.1 Å². The molecule has 3 rings (SSSR count). The largest absolute Gasteiger partial charge is 0.534 e. The molecule has 21 heavy (non-hydrogen) atoms. The zero-order valence-corrected chi connectivity index (χ0v) is 11.0. The first-order valence-corrected chi connectivity index (χ1v) is 6.96. The molecular formula is C11H7F3O6S. The number of alkyl halides is 3. The summed E-state index contributed by atoms with van der Waals surface area (Å²) in [6.45, 7) is -0.172. The molecule has 0 aromatic heterocycles. The molecule has 0 amide bonds. The number of hydrogen-bond donors (Lipinski definition) is 0. The molecule has 0 fully saturated rings. The molecule has 2 aliphatic rings. The summed E-state index contributed by atoms with van der Waals surface area (Å²) < 4.78 is 78.8. The fourth-order valence-electron chi connectivity index (χ4n) is 1.80. The summed E-state index contributed by atoms with van der Waals surface area (Å²) in [7, 11) is -5.75. The number of hydrogen-bond acceptors (Lipinski definition) is 6. The van der Waals surface area contributed by atoms with Gasteiger partial charge in [0.2, 0.25) is 6.79 Å². The second kappa shape index (κ2) is 4.45. The van der Waals surface area contributed by atoms with Gasteiger partial charge in [-0.1, -0.05) is 0 Å². The molecule has 0 atom stereocenters. The molecule has 0 N–H and O–H groups in total. The summed E-state index contributed by atoms with van der Waals surface area (Å²) in [5.41, 5.74) is -5.47. The first-order valence-electron chi connectivity index (χ1n) is 5.56. The van der Waals surface area contributed by atoms with Crippen LogP contribution in [0.25, 0.3) is 5.76 Å². The zero-order valence-electron chi connectivity index (χ0n) is 10.1. The lowest BCUT2D eigenvalue weighted by Gasteiger charge is -2.19. The normalized spacial score (nSPS) is 16.8. The van der Waals surface area contributed by atoms with Crippen molar-refractivity contribution in [3.8, 4) is 17.2 Å². The van der Waals surface area contributed by atoms with Crippen LogP contribution in [0.3, 0.4) is 0 Å². The average Bonchev–Trinajstić information content (AvgIpc) is 2.82. The van der Waals surface area contributed by atoms with Crippen molar-refractivity contribution in [3.05, 3.63) is 23.8 Å². The van der Waals surface area contributed by atoms with Crippen LogP contribution in [0, 0.1) is 0 Å². The number of benzene rings is 1. The lowest BCUT2D eigenvalue weighted by atomic mass is 10.1. The van der Waals surface area contributed by atoms with Crippen LogP contribution in [0.5, 0.6) is 17.2 Å². The molecule has 1 aromatic rings. The Hall–Kier alpha value is -2.10. The van der Waals surface area contributed by atoms with Gasteiger partial charge in [0.15, 0.2) is 17.3 Å². The zero-order chi connectivity index (χ0) is 15.3. The number of fused-ring (bicyclic) bond motifs is 2. The van der Waals surface area contributed by atoms with E-state index in [0.717, 1.165) is 6.08 Å². The summed E-state index contributed by atoms with van der Waals surface area (Å²) in [5.74, 6) is 0.299. The molecule has 2 aliphatic heterocycles. The van der Waals surface area contributed by atoms with Gasteiger partial charge in [-0.3, -0.25) is 0 Å². The van der Waals surface area contributed by atoms with E-state index in [2.05, 4.69) is 4.18 Å². The number of halogens is 3. The maximum atomic E-state index is 12.4. The van der Waals surface area contributed by atoms with Gasteiger partial charge in [0.05, 0.1) is 5.56 Å². The van der Waals surface area contributed by atoms with Gasteiger partial charge in [-0.2, -0.15) is 21.6 Å². The van der Waals surface area contributed by atoms with Crippen molar-refractivity contribution in [1.82, 2.24) is 0 Å². The first kappa shape index (κ1) is 13.9. The van der Waals surface area contributed by atoms with Crippen LogP contribution < -0.4 is 14.2 Å².